The summed E-state index contributed by atoms with van der Waals surface area (Å²) in [6, 6.07) is 0.311. The molecule has 2 aromatic rings. The predicted octanol–water partition coefficient (Wildman–Crippen LogP) is 3.47. The Morgan fingerprint density at radius 3 is 2.38 bits per heavy atom. The summed E-state index contributed by atoms with van der Waals surface area (Å²) in [5, 5.41) is 11.9. The van der Waals surface area contributed by atoms with Gasteiger partial charge in [0, 0.05) is 30.9 Å². The number of anilines is 1. The van der Waals surface area contributed by atoms with Gasteiger partial charge in [-0.15, -0.1) is 12.4 Å². The number of nitrogens with one attached hydrogen (secondary N) is 1. The Morgan fingerprint density at radius 1 is 1.24 bits per heavy atom. The molecule has 2 heterocycles. The molecule has 5 nitrogen and oxygen atoms in total. The Labute approximate surface area is 130 Å². The molecule has 21 heavy (non-hydrogen) atoms. The smallest absolute Gasteiger partial charge is 0.216 e. The van der Waals surface area contributed by atoms with Crippen LogP contribution in [0.5, 0.6) is 0 Å². The van der Waals surface area contributed by atoms with Gasteiger partial charge in [-0.1, -0.05) is 0 Å². The van der Waals surface area contributed by atoms with Crippen molar-refractivity contribution in [2.75, 3.05) is 5.32 Å². The lowest BCUT2D eigenvalue weighted by Crippen LogP contribution is -2.04. The fourth-order valence-electron chi connectivity index (χ4n) is 2.10. The highest BCUT2D eigenvalue weighted by molar-refractivity contribution is 5.85. The van der Waals surface area contributed by atoms with Crippen molar-refractivity contribution in [2.24, 2.45) is 0 Å². The molecule has 0 aliphatic heterocycles. The van der Waals surface area contributed by atoms with Crippen LogP contribution in [0.1, 0.15) is 43.8 Å². The molecule has 0 atom stereocenters. The molecule has 0 bridgehead atoms. The first-order valence-corrected chi connectivity index (χ1v) is 6.95. The van der Waals surface area contributed by atoms with Gasteiger partial charge in [0.05, 0.1) is 17.1 Å². The molecule has 7 heteroatoms. The molecule has 0 saturated heterocycles. The number of halogens is 2. The summed E-state index contributed by atoms with van der Waals surface area (Å²) < 4.78 is 17.4. The van der Waals surface area contributed by atoms with Crippen LogP contribution in [0, 0.1) is 19.8 Å². The topological polar surface area (TPSA) is 47.7 Å². The molecule has 0 radical (unpaired) electrons. The fraction of sp³-hybridized carbons (Fsp3) is 0.571. The van der Waals surface area contributed by atoms with Crippen LogP contribution in [0.4, 0.5) is 10.1 Å². The van der Waals surface area contributed by atoms with E-state index in [1.165, 1.54) is 4.68 Å². The van der Waals surface area contributed by atoms with Crippen molar-refractivity contribution < 1.29 is 4.39 Å². The molecule has 0 amide bonds. The van der Waals surface area contributed by atoms with Crippen molar-refractivity contribution in [1.82, 2.24) is 19.6 Å². The molecule has 0 aliphatic carbocycles. The first-order valence-electron chi connectivity index (χ1n) is 6.95. The Morgan fingerprint density at radius 2 is 1.90 bits per heavy atom. The second-order valence-corrected chi connectivity index (χ2v) is 5.23. The highest BCUT2D eigenvalue weighted by Gasteiger charge is 2.15. The highest BCUT2D eigenvalue weighted by Crippen LogP contribution is 2.19. The summed E-state index contributed by atoms with van der Waals surface area (Å²) in [6.07, 6.45) is 1.96. The molecule has 0 aromatic carbocycles. The number of nitrogens with zero attached hydrogens (tertiary/aromatic N) is 4. The van der Waals surface area contributed by atoms with Crippen molar-refractivity contribution in [3.05, 3.63) is 29.1 Å². The minimum absolute atomic E-state index is 0. The van der Waals surface area contributed by atoms with Gasteiger partial charge in [-0.2, -0.15) is 14.6 Å². The second kappa shape index (κ2) is 6.93. The van der Waals surface area contributed by atoms with E-state index in [-0.39, 0.29) is 18.4 Å². The van der Waals surface area contributed by atoms with Crippen molar-refractivity contribution in [3.8, 4) is 0 Å². The molecule has 0 spiro atoms. The molecule has 0 unspecified atom stereocenters. The van der Waals surface area contributed by atoms with Gasteiger partial charge in [0.15, 0.2) is 0 Å². The summed E-state index contributed by atoms with van der Waals surface area (Å²) in [7, 11) is 0. The number of hydrogen-bond donors (Lipinski definition) is 1. The minimum atomic E-state index is -0.258. The third-order valence-corrected chi connectivity index (χ3v) is 3.38. The van der Waals surface area contributed by atoms with Crippen LogP contribution in [0.2, 0.25) is 0 Å². The number of aromatic nitrogens is 4. The molecule has 2 rings (SSSR count). The Balaban J connectivity index is 0.00000220. The van der Waals surface area contributed by atoms with Crippen LogP contribution in [-0.2, 0) is 13.1 Å². The van der Waals surface area contributed by atoms with Crippen molar-refractivity contribution >= 4 is 18.1 Å². The summed E-state index contributed by atoms with van der Waals surface area (Å²) >= 11 is 0. The number of hydrogen-bond acceptors (Lipinski definition) is 3. The predicted molar refractivity (Wildman–Crippen MR) is 84.5 cm³/mol. The first kappa shape index (κ1) is 17.5. The highest BCUT2D eigenvalue weighted by atomic mass is 35.5. The zero-order valence-electron chi connectivity index (χ0n) is 13.1. The van der Waals surface area contributed by atoms with E-state index in [4.69, 9.17) is 0 Å². The Bertz CT molecular complexity index is 603. The lowest BCUT2D eigenvalue weighted by atomic mass is 10.2. The van der Waals surface area contributed by atoms with Crippen molar-refractivity contribution in [3.63, 3.8) is 0 Å². The first-order chi connectivity index (χ1) is 9.43. The van der Waals surface area contributed by atoms with E-state index >= 15 is 0 Å². The summed E-state index contributed by atoms with van der Waals surface area (Å²) in [5.74, 6) is -0.258. The van der Waals surface area contributed by atoms with Crippen molar-refractivity contribution in [1.29, 1.82) is 0 Å². The molecular weight excluding hydrogens is 293 g/mol. The number of rotatable bonds is 5. The lowest BCUT2D eigenvalue weighted by Gasteiger charge is -2.05. The average Bonchev–Trinajstić information content (AvgIpc) is 2.89. The minimum Gasteiger partial charge on any atom is -0.378 e. The van der Waals surface area contributed by atoms with Crippen LogP contribution < -0.4 is 5.32 Å². The van der Waals surface area contributed by atoms with E-state index in [2.05, 4.69) is 29.4 Å². The summed E-state index contributed by atoms with van der Waals surface area (Å²) in [5.41, 5.74) is 3.19. The molecule has 2 aromatic heterocycles. The van der Waals surface area contributed by atoms with Crippen molar-refractivity contribution in [2.45, 2.75) is 53.8 Å². The Kier molecular flexibility index (Phi) is 5.78. The standard InChI is InChI=1S/C14H22FN5.ClH/c1-6-19-14(15)12(10(4)17-19)7-16-13-8-20(9(2)3)18-11(13)5;/h8-9,16H,6-7H2,1-5H3;1H. The third-order valence-electron chi connectivity index (χ3n) is 3.38. The van der Waals surface area contributed by atoms with E-state index in [9.17, 15) is 4.39 Å². The maximum absolute atomic E-state index is 14.1. The third kappa shape index (κ3) is 3.56. The van der Waals surface area contributed by atoms with E-state index in [0.717, 1.165) is 17.1 Å². The SMILES string of the molecule is CCn1nc(C)c(CNc2cn(C(C)C)nc2C)c1F.Cl. The second-order valence-electron chi connectivity index (χ2n) is 5.23. The van der Waals surface area contributed by atoms with Gasteiger partial charge < -0.3 is 5.32 Å². The quantitative estimate of drug-likeness (QED) is 0.919. The van der Waals surface area contributed by atoms with Crippen LogP contribution in [0.3, 0.4) is 0 Å². The van der Waals surface area contributed by atoms with Crippen LogP contribution in [-0.4, -0.2) is 19.6 Å². The molecule has 0 saturated carbocycles. The van der Waals surface area contributed by atoms with Gasteiger partial charge in [0.1, 0.15) is 0 Å². The van der Waals surface area contributed by atoms with E-state index < -0.39 is 0 Å². The monoisotopic (exact) mass is 315 g/mol. The zero-order valence-corrected chi connectivity index (χ0v) is 14.0. The average molecular weight is 316 g/mol. The van der Waals surface area contributed by atoms with Crippen LogP contribution in [0.25, 0.3) is 0 Å². The molecule has 0 aliphatic rings. The number of aryl methyl sites for hydroxylation is 3. The van der Waals surface area contributed by atoms with Crippen LogP contribution >= 0.6 is 12.4 Å². The lowest BCUT2D eigenvalue weighted by molar-refractivity contribution is 0.464. The largest absolute Gasteiger partial charge is 0.378 e. The van der Waals surface area contributed by atoms with Crippen LogP contribution in [0.15, 0.2) is 6.20 Å². The molecule has 118 valence electrons. The van der Waals surface area contributed by atoms with Gasteiger partial charge in [-0.25, -0.2) is 4.68 Å². The van der Waals surface area contributed by atoms with Gasteiger partial charge >= 0.3 is 0 Å². The maximum Gasteiger partial charge on any atom is 0.216 e. The summed E-state index contributed by atoms with van der Waals surface area (Å²) in [4.78, 5) is 0. The van der Waals surface area contributed by atoms with Gasteiger partial charge in [-0.3, -0.25) is 4.68 Å². The van der Waals surface area contributed by atoms with E-state index in [1.54, 1.807) is 0 Å². The van der Waals surface area contributed by atoms with E-state index in [0.29, 0.717) is 24.7 Å². The normalized spacial score (nSPS) is 10.8. The molecule has 0 fully saturated rings. The van der Waals surface area contributed by atoms with Gasteiger partial charge in [0.2, 0.25) is 5.95 Å². The maximum atomic E-state index is 14.1. The zero-order chi connectivity index (χ0) is 14.9. The van der Waals surface area contributed by atoms with Gasteiger partial charge in [0.25, 0.3) is 0 Å². The molecule has 1 N–H and O–H groups in total. The summed E-state index contributed by atoms with van der Waals surface area (Å²) in [6.45, 7) is 10.8. The van der Waals surface area contributed by atoms with Gasteiger partial charge in [-0.05, 0) is 34.6 Å². The molecular formula is C14H23ClFN5. The van der Waals surface area contributed by atoms with E-state index in [1.807, 2.05) is 31.6 Å². The Hall–Kier alpha value is -1.56. The fourth-order valence-corrected chi connectivity index (χ4v) is 2.10.